The summed E-state index contributed by atoms with van der Waals surface area (Å²) in [6, 6.07) is 11.0. The van der Waals surface area contributed by atoms with E-state index in [1.807, 2.05) is 37.3 Å². The van der Waals surface area contributed by atoms with Gasteiger partial charge in [-0.15, -0.1) is 0 Å². The Balaban J connectivity index is 2.21. The first-order valence-electron chi connectivity index (χ1n) is 8.97. The highest BCUT2D eigenvalue weighted by Crippen LogP contribution is 2.29. The predicted molar refractivity (Wildman–Crippen MR) is 115 cm³/mol. The van der Waals surface area contributed by atoms with Crippen LogP contribution in [0.3, 0.4) is 0 Å². The zero-order chi connectivity index (χ0) is 20.3. The lowest BCUT2D eigenvalue weighted by Crippen LogP contribution is -2.23. The van der Waals surface area contributed by atoms with E-state index in [2.05, 4.69) is 28.0 Å². The summed E-state index contributed by atoms with van der Waals surface area (Å²) in [6.45, 7) is 4.09. The molecule has 3 rings (SSSR count). The molecule has 7 heteroatoms. The van der Waals surface area contributed by atoms with Gasteiger partial charge >= 0.3 is 0 Å². The summed E-state index contributed by atoms with van der Waals surface area (Å²) >= 11 is 3.42. The Bertz CT molecular complexity index is 1090. The number of aromatic nitrogens is 2. The number of halogens is 1. The van der Waals surface area contributed by atoms with Gasteiger partial charge < -0.3 is 9.47 Å². The molecule has 2 aromatic carbocycles. The van der Waals surface area contributed by atoms with Gasteiger partial charge in [-0.3, -0.25) is 4.79 Å². The predicted octanol–water partition coefficient (Wildman–Crippen LogP) is 4.57. The van der Waals surface area contributed by atoms with Crippen LogP contribution in [0.5, 0.6) is 11.5 Å². The van der Waals surface area contributed by atoms with Gasteiger partial charge in [0.05, 0.1) is 31.3 Å². The molecule has 0 spiro atoms. The first kappa shape index (κ1) is 20.1. The minimum absolute atomic E-state index is 0.0742. The van der Waals surface area contributed by atoms with Crippen LogP contribution in [-0.2, 0) is 0 Å². The van der Waals surface area contributed by atoms with Crippen molar-refractivity contribution in [1.29, 1.82) is 0 Å². The molecule has 1 atom stereocenters. The molecule has 0 unspecified atom stereocenters. The van der Waals surface area contributed by atoms with Gasteiger partial charge in [-0.25, -0.2) is 4.98 Å². The Morgan fingerprint density at radius 1 is 1.25 bits per heavy atom. The Hall–Kier alpha value is -2.67. The molecule has 0 aliphatic rings. The molecule has 0 bridgehead atoms. The fourth-order valence-corrected chi connectivity index (χ4v) is 3.27. The average molecular weight is 444 g/mol. The molecule has 146 valence electrons. The van der Waals surface area contributed by atoms with E-state index in [-0.39, 0.29) is 11.5 Å². The van der Waals surface area contributed by atoms with Crippen molar-refractivity contribution in [3.8, 4) is 11.5 Å². The van der Waals surface area contributed by atoms with Crippen LogP contribution in [-0.4, -0.2) is 30.1 Å². The van der Waals surface area contributed by atoms with Crippen molar-refractivity contribution in [2.24, 2.45) is 5.10 Å². The molecule has 0 N–H and O–H groups in total. The Labute approximate surface area is 171 Å². The molecule has 1 heterocycles. The number of nitrogens with zero attached hydrogens (tertiary/aromatic N) is 3. The quantitative estimate of drug-likeness (QED) is 0.523. The lowest BCUT2D eigenvalue weighted by Gasteiger charge is -2.14. The summed E-state index contributed by atoms with van der Waals surface area (Å²) in [5.74, 6) is 1.86. The maximum Gasteiger partial charge on any atom is 0.282 e. The molecule has 0 saturated carbocycles. The number of methoxy groups -OCH3 is 2. The number of rotatable bonds is 6. The number of fused-ring (bicyclic) bond motifs is 1. The molecule has 0 amide bonds. The van der Waals surface area contributed by atoms with Crippen molar-refractivity contribution in [3.05, 3.63) is 62.6 Å². The second-order valence-corrected chi connectivity index (χ2v) is 7.30. The first-order chi connectivity index (χ1) is 13.5. The van der Waals surface area contributed by atoms with Gasteiger partial charge in [0.15, 0.2) is 11.5 Å². The SMILES string of the molecule is CC[C@@H](C)c1nc2ccc(Br)cc2c(=O)n1N=Cc1cccc(OC)c1OC. The van der Waals surface area contributed by atoms with Gasteiger partial charge in [-0.2, -0.15) is 9.78 Å². The summed E-state index contributed by atoms with van der Waals surface area (Å²) in [6.07, 6.45) is 2.44. The molecule has 0 aliphatic heterocycles. The van der Waals surface area contributed by atoms with E-state index in [9.17, 15) is 4.79 Å². The summed E-state index contributed by atoms with van der Waals surface area (Å²) in [4.78, 5) is 17.9. The van der Waals surface area contributed by atoms with Gasteiger partial charge in [0, 0.05) is 16.0 Å². The number of hydrogen-bond acceptors (Lipinski definition) is 5. The number of benzene rings is 2. The molecule has 0 aliphatic carbocycles. The fourth-order valence-electron chi connectivity index (χ4n) is 2.91. The highest BCUT2D eigenvalue weighted by molar-refractivity contribution is 9.10. The molecule has 1 aromatic heterocycles. The molecule has 0 saturated heterocycles. The van der Waals surface area contributed by atoms with E-state index in [0.717, 1.165) is 10.9 Å². The molecule has 0 fully saturated rings. The highest BCUT2D eigenvalue weighted by Gasteiger charge is 2.16. The minimum Gasteiger partial charge on any atom is -0.493 e. The molecule has 0 radical (unpaired) electrons. The maximum atomic E-state index is 13.2. The van der Waals surface area contributed by atoms with Crippen molar-refractivity contribution in [1.82, 2.24) is 9.66 Å². The summed E-state index contributed by atoms with van der Waals surface area (Å²) in [7, 11) is 3.15. The largest absolute Gasteiger partial charge is 0.493 e. The van der Waals surface area contributed by atoms with Crippen molar-refractivity contribution in [3.63, 3.8) is 0 Å². The van der Waals surface area contributed by atoms with Crippen LogP contribution in [0.1, 0.15) is 37.6 Å². The van der Waals surface area contributed by atoms with Crippen LogP contribution in [0.25, 0.3) is 10.9 Å². The maximum absolute atomic E-state index is 13.2. The Morgan fingerprint density at radius 3 is 2.71 bits per heavy atom. The van der Waals surface area contributed by atoms with Gasteiger partial charge in [-0.05, 0) is 36.8 Å². The third-order valence-electron chi connectivity index (χ3n) is 4.63. The smallest absolute Gasteiger partial charge is 0.282 e. The lowest BCUT2D eigenvalue weighted by atomic mass is 10.1. The summed E-state index contributed by atoms with van der Waals surface area (Å²) < 4.78 is 13.0. The molecular formula is C21H22BrN3O3. The summed E-state index contributed by atoms with van der Waals surface area (Å²) in [5.41, 5.74) is 1.16. The highest BCUT2D eigenvalue weighted by atomic mass is 79.9. The van der Waals surface area contributed by atoms with Gasteiger partial charge in [-0.1, -0.05) is 35.8 Å². The number of ether oxygens (including phenoxy) is 2. The van der Waals surface area contributed by atoms with E-state index in [4.69, 9.17) is 14.5 Å². The monoisotopic (exact) mass is 443 g/mol. The minimum atomic E-state index is -0.209. The fraction of sp³-hybridized carbons (Fsp3) is 0.286. The third kappa shape index (κ3) is 3.80. The normalized spacial score (nSPS) is 12.5. The zero-order valence-electron chi connectivity index (χ0n) is 16.3. The summed E-state index contributed by atoms with van der Waals surface area (Å²) in [5, 5.41) is 4.98. The molecule has 6 nitrogen and oxygen atoms in total. The first-order valence-corrected chi connectivity index (χ1v) is 9.77. The number of hydrogen-bond donors (Lipinski definition) is 0. The van der Waals surface area contributed by atoms with Crippen LogP contribution in [0, 0.1) is 0 Å². The third-order valence-corrected chi connectivity index (χ3v) is 5.13. The van der Waals surface area contributed by atoms with Crippen LogP contribution >= 0.6 is 15.9 Å². The van der Waals surface area contributed by atoms with Crippen molar-refractivity contribution in [2.75, 3.05) is 14.2 Å². The average Bonchev–Trinajstić information content (AvgIpc) is 2.72. The number of para-hydroxylation sites is 1. The topological polar surface area (TPSA) is 65.7 Å². The van der Waals surface area contributed by atoms with E-state index in [0.29, 0.717) is 33.8 Å². The lowest BCUT2D eigenvalue weighted by molar-refractivity contribution is 0.354. The van der Waals surface area contributed by atoms with E-state index in [1.165, 1.54) is 4.68 Å². The van der Waals surface area contributed by atoms with Crippen molar-refractivity contribution >= 4 is 33.0 Å². The molecular weight excluding hydrogens is 422 g/mol. The molecule has 3 aromatic rings. The second-order valence-electron chi connectivity index (χ2n) is 6.39. The van der Waals surface area contributed by atoms with Gasteiger partial charge in [0.1, 0.15) is 5.82 Å². The van der Waals surface area contributed by atoms with Crippen molar-refractivity contribution in [2.45, 2.75) is 26.2 Å². The van der Waals surface area contributed by atoms with Crippen LogP contribution in [0.2, 0.25) is 0 Å². The molecule has 28 heavy (non-hydrogen) atoms. The second kappa shape index (κ2) is 8.56. The van der Waals surface area contributed by atoms with Gasteiger partial charge in [0.2, 0.25) is 0 Å². The Morgan fingerprint density at radius 2 is 2.04 bits per heavy atom. The zero-order valence-corrected chi connectivity index (χ0v) is 17.9. The Kier molecular flexibility index (Phi) is 6.14. The van der Waals surface area contributed by atoms with E-state index >= 15 is 0 Å². The van der Waals surface area contributed by atoms with Crippen LogP contribution < -0.4 is 15.0 Å². The van der Waals surface area contributed by atoms with E-state index in [1.54, 1.807) is 26.5 Å². The van der Waals surface area contributed by atoms with E-state index < -0.39 is 0 Å². The van der Waals surface area contributed by atoms with Gasteiger partial charge in [0.25, 0.3) is 5.56 Å². The van der Waals surface area contributed by atoms with Crippen LogP contribution in [0.4, 0.5) is 0 Å². The standard InChI is InChI=1S/C21H22BrN3O3/c1-5-13(2)20-24-17-10-9-15(22)11-16(17)21(26)25(20)23-12-14-7-6-8-18(27-3)19(14)28-4/h6-13H,5H2,1-4H3/t13-/m1/s1. The van der Waals surface area contributed by atoms with Crippen molar-refractivity contribution < 1.29 is 9.47 Å². The van der Waals surface area contributed by atoms with Crippen LogP contribution in [0.15, 0.2) is 50.8 Å².